The van der Waals surface area contributed by atoms with Crippen LogP contribution in [0.5, 0.6) is 0 Å². The number of hydrogen-bond donors (Lipinski definition) is 1. The molecule has 3 heterocycles. The molecule has 0 saturated heterocycles. The summed E-state index contributed by atoms with van der Waals surface area (Å²) in [5.41, 5.74) is 2.69. The van der Waals surface area contributed by atoms with Crippen molar-refractivity contribution in [2.75, 3.05) is 0 Å². The van der Waals surface area contributed by atoms with Gasteiger partial charge in [0.1, 0.15) is 0 Å². The van der Waals surface area contributed by atoms with Gasteiger partial charge in [0.15, 0.2) is 9.84 Å². The second-order valence-electron chi connectivity index (χ2n) is 7.46. The molecule has 1 aliphatic heterocycles. The number of pyridine rings is 2. The predicted octanol–water partition coefficient (Wildman–Crippen LogP) is 2.74. The zero-order chi connectivity index (χ0) is 20.3. The maximum atomic E-state index is 12.7. The Morgan fingerprint density at radius 1 is 1.10 bits per heavy atom. The van der Waals surface area contributed by atoms with Gasteiger partial charge < -0.3 is 10.2 Å². The summed E-state index contributed by atoms with van der Waals surface area (Å²) < 4.78 is 25.4. The van der Waals surface area contributed by atoms with E-state index in [1.165, 1.54) is 6.20 Å². The number of fused-ring (bicyclic) bond motifs is 1. The normalized spacial score (nSPS) is 17.7. The molecule has 154 valence electrons. The SMILES string of the molecule is O=C(NCc1ccc(S(=O)(=O)C2CCCCC2)cn1)ON1Cc2ccncc2C1. The molecule has 1 amide bonds. The third-order valence-electron chi connectivity index (χ3n) is 5.44. The summed E-state index contributed by atoms with van der Waals surface area (Å²) in [4.78, 5) is 25.9. The summed E-state index contributed by atoms with van der Waals surface area (Å²) in [6.07, 6.45) is 8.74. The van der Waals surface area contributed by atoms with Gasteiger partial charge in [-0.25, -0.2) is 13.2 Å². The average Bonchev–Trinajstić information content (AvgIpc) is 3.15. The van der Waals surface area contributed by atoms with Gasteiger partial charge in [-0.2, -0.15) is 0 Å². The highest BCUT2D eigenvalue weighted by Gasteiger charge is 2.29. The van der Waals surface area contributed by atoms with E-state index in [1.54, 1.807) is 29.6 Å². The maximum absolute atomic E-state index is 12.7. The lowest BCUT2D eigenvalue weighted by atomic mass is 10.0. The van der Waals surface area contributed by atoms with E-state index in [4.69, 9.17) is 4.84 Å². The second kappa shape index (κ2) is 8.46. The van der Waals surface area contributed by atoms with Crippen LogP contribution in [0.4, 0.5) is 4.79 Å². The van der Waals surface area contributed by atoms with Gasteiger partial charge in [-0.05, 0) is 42.2 Å². The number of carbonyl (C=O) groups is 1. The first-order chi connectivity index (χ1) is 14.0. The number of carbonyl (C=O) groups excluding carboxylic acids is 1. The zero-order valence-electron chi connectivity index (χ0n) is 16.1. The molecule has 1 aliphatic carbocycles. The summed E-state index contributed by atoms with van der Waals surface area (Å²) in [5, 5.41) is 3.90. The molecule has 8 nitrogen and oxygen atoms in total. The minimum Gasteiger partial charge on any atom is -0.350 e. The van der Waals surface area contributed by atoms with Crippen molar-refractivity contribution in [3.63, 3.8) is 0 Å². The summed E-state index contributed by atoms with van der Waals surface area (Å²) in [5.74, 6) is 0. The van der Waals surface area contributed by atoms with E-state index in [0.717, 1.165) is 30.4 Å². The molecule has 4 rings (SSSR count). The number of nitrogens with zero attached hydrogens (tertiary/aromatic N) is 3. The summed E-state index contributed by atoms with van der Waals surface area (Å²) in [6, 6.07) is 5.11. The minimum absolute atomic E-state index is 0.158. The van der Waals surface area contributed by atoms with Crippen molar-refractivity contribution in [3.05, 3.63) is 53.6 Å². The van der Waals surface area contributed by atoms with Crippen LogP contribution in [0.1, 0.15) is 48.9 Å². The van der Waals surface area contributed by atoms with E-state index in [-0.39, 0.29) is 16.7 Å². The Hall–Kier alpha value is -2.52. The van der Waals surface area contributed by atoms with Gasteiger partial charge in [-0.1, -0.05) is 19.3 Å². The van der Waals surface area contributed by atoms with Crippen molar-refractivity contribution in [2.24, 2.45) is 0 Å². The Morgan fingerprint density at radius 3 is 2.62 bits per heavy atom. The number of hydrogen-bond acceptors (Lipinski definition) is 7. The molecule has 0 radical (unpaired) electrons. The smallest absolute Gasteiger partial charge is 0.350 e. The van der Waals surface area contributed by atoms with E-state index in [9.17, 15) is 13.2 Å². The summed E-state index contributed by atoms with van der Waals surface area (Å²) in [7, 11) is -3.34. The van der Waals surface area contributed by atoms with Crippen LogP contribution >= 0.6 is 0 Å². The average molecular weight is 417 g/mol. The zero-order valence-corrected chi connectivity index (χ0v) is 16.9. The van der Waals surface area contributed by atoms with Crippen molar-refractivity contribution < 1.29 is 18.0 Å². The highest BCUT2D eigenvalue weighted by molar-refractivity contribution is 7.92. The molecule has 0 unspecified atom stereocenters. The fourth-order valence-electron chi connectivity index (χ4n) is 3.82. The molecule has 0 bridgehead atoms. The van der Waals surface area contributed by atoms with Gasteiger partial charge in [0.25, 0.3) is 0 Å². The molecule has 1 N–H and O–H groups in total. The van der Waals surface area contributed by atoms with Crippen LogP contribution in [0.3, 0.4) is 0 Å². The first kappa shape index (κ1) is 19.8. The Morgan fingerprint density at radius 2 is 1.90 bits per heavy atom. The number of aromatic nitrogens is 2. The first-order valence-electron chi connectivity index (χ1n) is 9.84. The Labute approximate surface area is 170 Å². The molecular formula is C20H24N4O4S. The van der Waals surface area contributed by atoms with Gasteiger partial charge in [0, 0.05) is 18.6 Å². The third-order valence-corrected chi connectivity index (χ3v) is 7.69. The fourth-order valence-corrected chi connectivity index (χ4v) is 5.61. The van der Waals surface area contributed by atoms with E-state index < -0.39 is 15.9 Å². The molecule has 1 fully saturated rings. The molecule has 2 aliphatic rings. The van der Waals surface area contributed by atoms with Gasteiger partial charge in [0.2, 0.25) is 0 Å². The number of hydroxylamine groups is 2. The summed E-state index contributed by atoms with van der Waals surface area (Å²) >= 11 is 0. The van der Waals surface area contributed by atoms with Crippen LogP contribution < -0.4 is 5.32 Å². The lowest BCUT2D eigenvalue weighted by molar-refractivity contribution is -0.106. The maximum Gasteiger partial charge on any atom is 0.426 e. The van der Waals surface area contributed by atoms with E-state index in [1.807, 2.05) is 6.07 Å². The van der Waals surface area contributed by atoms with Crippen LogP contribution in [0, 0.1) is 0 Å². The van der Waals surface area contributed by atoms with Gasteiger partial charge in [-0.3, -0.25) is 9.97 Å². The lowest BCUT2D eigenvalue weighted by Crippen LogP contribution is -2.31. The van der Waals surface area contributed by atoms with E-state index >= 15 is 0 Å². The lowest BCUT2D eigenvalue weighted by Gasteiger charge is -2.21. The van der Waals surface area contributed by atoms with E-state index in [0.29, 0.717) is 31.6 Å². The second-order valence-corrected chi connectivity index (χ2v) is 9.69. The molecular weight excluding hydrogens is 392 g/mol. The molecule has 0 atom stereocenters. The van der Waals surface area contributed by atoms with Crippen LogP contribution in [-0.2, 0) is 34.3 Å². The molecule has 2 aromatic rings. The van der Waals surface area contributed by atoms with Gasteiger partial charge in [-0.15, -0.1) is 5.06 Å². The highest BCUT2D eigenvalue weighted by Crippen LogP contribution is 2.28. The topological polar surface area (TPSA) is 101 Å². The van der Waals surface area contributed by atoms with Crippen molar-refractivity contribution in [2.45, 2.75) is 61.9 Å². The van der Waals surface area contributed by atoms with Gasteiger partial charge >= 0.3 is 6.09 Å². The van der Waals surface area contributed by atoms with Crippen LogP contribution in [0.25, 0.3) is 0 Å². The largest absolute Gasteiger partial charge is 0.426 e. The minimum atomic E-state index is -3.34. The first-order valence-corrected chi connectivity index (χ1v) is 11.4. The predicted molar refractivity (Wildman–Crippen MR) is 105 cm³/mol. The standard InChI is InChI=1S/C20H24N4O4S/c25-20(28-24-13-15-8-9-21-10-16(15)14-24)23-11-17-6-7-19(12-22-17)29(26,27)18-4-2-1-3-5-18/h6-10,12,18H,1-5,11,13-14H2,(H,23,25). The van der Waals surface area contributed by atoms with E-state index in [2.05, 4.69) is 15.3 Å². The van der Waals surface area contributed by atoms with Gasteiger partial charge in [0.05, 0.1) is 35.5 Å². The van der Waals surface area contributed by atoms with Crippen LogP contribution in [0.15, 0.2) is 41.7 Å². The number of rotatable bonds is 5. The van der Waals surface area contributed by atoms with Crippen LogP contribution in [-0.4, -0.2) is 34.8 Å². The molecule has 1 saturated carbocycles. The fraction of sp³-hybridized carbons (Fsp3) is 0.450. The number of sulfone groups is 1. The van der Waals surface area contributed by atoms with Crippen molar-refractivity contribution in [3.8, 4) is 0 Å². The Kier molecular flexibility index (Phi) is 5.77. The highest BCUT2D eigenvalue weighted by atomic mass is 32.2. The Balaban J connectivity index is 1.28. The Bertz CT molecular complexity index is 947. The number of amides is 1. The summed E-state index contributed by atoms with van der Waals surface area (Å²) in [6.45, 7) is 1.19. The van der Waals surface area contributed by atoms with Crippen molar-refractivity contribution in [1.29, 1.82) is 0 Å². The molecule has 9 heteroatoms. The van der Waals surface area contributed by atoms with Crippen LogP contribution in [0.2, 0.25) is 0 Å². The molecule has 2 aromatic heterocycles. The number of nitrogens with one attached hydrogen (secondary N) is 1. The quantitative estimate of drug-likeness (QED) is 0.800. The molecule has 29 heavy (non-hydrogen) atoms. The monoisotopic (exact) mass is 416 g/mol. The molecule has 0 spiro atoms. The third kappa shape index (κ3) is 4.56. The van der Waals surface area contributed by atoms with Crippen molar-refractivity contribution >= 4 is 15.9 Å². The van der Waals surface area contributed by atoms with Crippen molar-refractivity contribution in [1.82, 2.24) is 20.3 Å². The molecule has 0 aromatic carbocycles.